The van der Waals surface area contributed by atoms with Crippen LogP contribution >= 0.6 is 15.9 Å². The second-order valence-electron chi connectivity index (χ2n) is 5.02. The first-order chi connectivity index (χ1) is 8.55. The van der Waals surface area contributed by atoms with Crippen molar-refractivity contribution in [2.75, 3.05) is 11.9 Å². The largest absolute Gasteiger partial charge is 0.356 e. The van der Waals surface area contributed by atoms with Crippen LogP contribution in [0.25, 0.3) is 0 Å². The summed E-state index contributed by atoms with van der Waals surface area (Å²) in [6.45, 7) is 0.675. The van der Waals surface area contributed by atoms with E-state index in [1.807, 2.05) is 0 Å². The Balaban J connectivity index is 2.07. The maximum absolute atomic E-state index is 12.9. The van der Waals surface area contributed by atoms with Crippen molar-refractivity contribution < 1.29 is 13.6 Å². The fourth-order valence-electron chi connectivity index (χ4n) is 2.23. The lowest BCUT2D eigenvalue weighted by molar-refractivity contribution is -0.129. The van der Waals surface area contributed by atoms with Gasteiger partial charge in [0.25, 0.3) is 0 Å². The molecular formula is C13H22BrF2NO. The molecule has 0 heterocycles. The number of alkyl halides is 3. The van der Waals surface area contributed by atoms with Gasteiger partial charge in [0, 0.05) is 30.6 Å². The smallest absolute Gasteiger partial charge is 0.248 e. The summed E-state index contributed by atoms with van der Waals surface area (Å²) in [6.07, 6.45) is 4.76. The number of nitrogens with one attached hydrogen (secondary N) is 1. The van der Waals surface area contributed by atoms with E-state index in [1.54, 1.807) is 0 Å². The Morgan fingerprint density at radius 1 is 1.17 bits per heavy atom. The van der Waals surface area contributed by atoms with Gasteiger partial charge in [0.05, 0.1) is 0 Å². The molecule has 0 saturated heterocycles. The predicted octanol–water partition coefficient (Wildman–Crippen LogP) is 3.88. The standard InChI is InChI=1S/C13H22BrF2NO/c14-9-3-1-2-4-10-17-12(18)11-5-7-13(15,16)8-6-11/h11H,1-10H2,(H,17,18). The van der Waals surface area contributed by atoms with Crippen LogP contribution in [0.15, 0.2) is 0 Å². The van der Waals surface area contributed by atoms with E-state index in [9.17, 15) is 13.6 Å². The summed E-state index contributed by atoms with van der Waals surface area (Å²) in [5, 5.41) is 3.88. The SMILES string of the molecule is O=C(NCCCCCCBr)C1CCC(F)(F)CC1. The lowest BCUT2D eigenvalue weighted by Gasteiger charge is -2.27. The Morgan fingerprint density at radius 3 is 2.39 bits per heavy atom. The molecule has 0 aromatic carbocycles. The lowest BCUT2D eigenvalue weighted by atomic mass is 9.86. The molecule has 0 atom stereocenters. The number of hydrogen-bond acceptors (Lipinski definition) is 1. The normalized spacial score (nSPS) is 19.7. The van der Waals surface area contributed by atoms with Crippen LogP contribution in [0.1, 0.15) is 51.4 Å². The molecule has 0 aromatic heterocycles. The highest BCUT2D eigenvalue weighted by Gasteiger charge is 2.37. The molecule has 1 aliphatic carbocycles. The van der Waals surface area contributed by atoms with Crippen LogP contribution in [0.4, 0.5) is 8.78 Å². The lowest BCUT2D eigenvalue weighted by Crippen LogP contribution is -2.36. The Morgan fingerprint density at radius 2 is 1.78 bits per heavy atom. The zero-order valence-electron chi connectivity index (χ0n) is 10.7. The second-order valence-corrected chi connectivity index (χ2v) is 5.82. The van der Waals surface area contributed by atoms with Crippen LogP contribution in [0.2, 0.25) is 0 Å². The zero-order valence-corrected chi connectivity index (χ0v) is 12.3. The van der Waals surface area contributed by atoms with E-state index in [0.717, 1.165) is 31.0 Å². The third kappa shape index (κ3) is 6.12. The molecule has 0 bridgehead atoms. The first-order valence-corrected chi connectivity index (χ1v) is 7.89. The Bertz CT molecular complexity index is 251. The van der Waals surface area contributed by atoms with E-state index in [4.69, 9.17) is 0 Å². The number of carbonyl (C=O) groups is 1. The number of halogens is 3. The van der Waals surface area contributed by atoms with E-state index < -0.39 is 5.92 Å². The summed E-state index contributed by atoms with van der Waals surface area (Å²) in [6, 6.07) is 0. The van der Waals surface area contributed by atoms with Crippen LogP contribution in [0.3, 0.4) is 0 Å². The van der Waals surface area contributed by atoms with Gasteiger partial charge in [0.2, 0.25) is 11.8 Å². The molecule has 1 aliphatic rings. The third-order valence-corrected chi connectivity index (χ3v) is 4.01. The summed E-state index contributed by atoms with van der Waals surface area (Å²) in [5.41, 5.74) is 0. The number of unbranched alkanes of at least 4 members (excludes halogenated alkanes) is 3. The second kappa shape index (κ2) is 8.08. The average Bonchev–Trinajstić information content (AvgIpc) is 2.33. The summed E-state index contributed by atoms with van der Waals surface area (Å²) >= 11 is 3.37. The van der Waals surface area contributed by atoms with Gasteiger partial charge in [0.15, 0.2) is 0 Å². The van der Waals surface area contributed by atoms with Gasteiger partial charge in [-0.15, -0.1) is 0 Å². The number of hydrogen-bond donors (Lipinski definition) is 1. The minimum Gasteiger partial charge on any atom is -0.356 e. The van der Waals surface area contributed by atoms with Crippen LogP contribution in [-0.2, 0) is 4.79 Å². The van der Waals surface area contributed by atoms with Crippen LogP contribution in [0.5, 0.6) is 0 Å². The van der Waals surface area contributed by atoms with Gasteiger partial charge < -0.3 is 5.32 Å². The Labute approximate surface area is 116 Å². The molecule has 0 aromatic rings. The van der Waals surface area contributed by atoms with Gasteiger partial charge in [-0.2, -0.15) is 0 Å². The minimum atomic E-state index is -2.55. The molecule has 5 heteroatoms. The molecule has 1 rings (SSSR count). The number of rotatable bonds is 7. The molecule has 18 heavy (non-hydrogen) atoms. The van der Waals surface area contributed by atoms with Crippen molar-refractivity contribution in [1.29, 1.82) is 0 Å². The predicted molar refractivity (Wildman–Crippen MR) is 72.2 cm³/mol. The molecule has 0 unspecified atom stereocenters. The van der Waals surface area contributed by atoms with Crippen LogP contribution in [0, 0.1) is 5.92 Å². The Kier molecular flexibility index (Phi) is 7.12. The van der Waals surface area contributed by atoms with E-state index in [1.165, 1.54) is 0 Å². The van der Waals surface area contributed by atoms with Gasteiger partial charge in [-0.3, -0.25) is 4.79 Å². The van der Waals surface area contributed by atoms with Crippen molar-refractivity contribution in [2.45, 2.75) is 57.3 Å². The quantitative estimate of drug-likeness (QED) is 0.558. The van der Waals surface area contributed by atoms with Gasteiger partial charge in [0.1, 0.15) is 0 Å². The first-order valence-electron chi connectivity index (χ1n) is 6.77. The maximum Gasteiger partial charge on any atom is 0.248 e. The summed E-state index contributed by atoms with van der Waals surface area (Å²) < 4.78 is 25.9. The maximum atomic E-state index is 12.9. The average molecular weight is 326 g/mol. The van der Waals surface area contributed by atoms with Crippen molar-refractivity contribution in [2.24, 2.45) is 5.92 Å². The molecular weight excluding hydrogens is 304 g/mol. The van der Waals surface area contributed by atoms with Crippen LogP contribution in [-0.4, -0.2) is 23.7 Å². The van der Waals surface area contributed by atoms with Gasteiger partial charge >= 0.3 is 0 Å². The van der Waals surface area contributed by atoms with Crippen LogP contribution < -0.4 is 5.32 Å². The van der Waals surface area contributed by atoms with Crippen molar-refractivity contribution >= 4 is 21.8 Å². The van der Waals surface area contributed by atoms with E-state index in [2.05, 4.69) is 21.2 Å². The van der Waals surface area contributed by atoms with Gasteiger partial charge in [-0.25, -0.2) is 8.78 Å². The molecule has 1 fully saturated rings. The molecule has 1 N–H and O–H groups in total. The topological polar surface area (TPSA) is 29.1 Å². The van der Waals surface area contributed by atoms with Gasteiger partial charge in [-0.1, -0.05) is 28.8 Å². The van der Waals surface area contributed by atoms with Gasteiger partial charge in [-0.05, 0) is 25.7 Å². The van der Waals surface area contributed by atoms with Crippen molar-refractivity contribution in [3.8, 4) is 0 Å². The summed E-state index contributed by atoms with van der Waals surface area (Å²) in [7, 11) is 0. The monoisotopic (exact) mass is 325 g/mol. The zero-order chi connectivity index (χ0) is 13.4. The fraction of sp³-hybridized carbons (Fsp3) is 0.923. The molecule has 0 spiro atoms. The van der Waals surface area contributed by atoms with Crippen molar-refractivity contribution in [3.63, 3.8) is 0 Å². The molecule has 1 amide bonds. The molecule has 0 radical (unpaired) electrons. The van der Waals surface area contributed by atoms with E-state index >= 15 is 0 Å². The summed E-state index contributed by atoms with van der Waals surface area (Å²) in [4.78, 5) is 11.7. The van der Waals surface area contributed by atoms with E-state index in [-0.39, 0.29) is 24.7 Å². The minimum absolute atomic E-state index is 0.0361. The third-order valence-electron chi connectivity index (χ3n) is 3.45. The molecule has 106 valence electrons. The summed E-state index contributed by atoms with van der Waals surface area (Å²) in [5.74, 6) is -2.79. The molecule has 0 aliphatic heterocycles. The van der Waals surface area contributed by atoms with Crippen molar-refractivity contribution in [1.82, 2.24) is 5.32 Å². The highest BCUT2D eigenvalue weighted by Crippen LogP contribution is 2.36. The highest BCUT2D eigenvalue weighted by molar-refractivity contribution is 9.09. The number of carbonyl (C=O) groups excluding carboxylic acids is 1. The highest BCUT2D eigenvalue weighted by atomic mass is 79.9. The fourth-order valence-corrected chi connectivity index (χ4v) is 2.63. The Hall–Kier alpha value is -0.190. The van der Waals surface area contributed by atoms with E-state index in [0.29, 0.717) is 19.4 Å². The molecule has 1 saturated carbocycles. The first kappa shape index (κ1) is 15.9. The number of amides is 1. The van der Waals surface area contributed by atoms with Crippen molar-refractivity contribution in [3.05, 3.63) is 0 Å². The molecule has 2 nitrogen and oxygen atoms in total.